The molecule has 2 heterocycles. The zero-order chi connectivity index (χ0) is 24.9. The fraction of sp³-hybridized carbons (Fsp3) is 0.241. The van der Waals surface area contributed by atoms with Crippen LogP contribution in [0.15, 0.2) is 79.0 Å². The monoisotopic (exact) mass is 482 g/mol. The highest BCUT2D eigenvalue weighted by Crippen LogP contribution is 2.21. The van der Waals surface area contributed by atoms with Crippen molar-refractivity contribution in [2.75, 3.05) is 7.11 Å². The summed E-state index contributed by atoms with van der Waals surface area (Å²) in [6.07, 6.45) is 2.87. The summed E-state index contributed by atoms with van der Waals surface area (Å²) in [5.74, 6) is 0.289. The molecule has 2 atom stereocenters. The Balaban J connectivity index is 1.33. The summed E-state index contributed by atoms with van der Waals surface area (Å²) < 4.78 is 5.41. The minimum Gasteiger partial charge on any atom is -0.496 e. The molecule has 184 valence electrons. The Kier molecular flexibility index (Phi) is 7.00. The van der Waals surface area contributed by atoms with Crippen molar-refractivity contribution in [3.63, 3.8) is 0 Å². The number of rotatable bonds is 8. The van der Waals surface area contributed by atoms with Gasteiger partial charge in [-0.1, -0.05) is 60.7 Å². The van der Waals surface area contributed by atoms with Gasteiger partial charge in [-0.25, -0.2) is 0 Å². The van der Waals surface area contributed by atoms with Crippen LogP contribution in [0.5, 0.6) is 5.75 Å². The van der Waals surface area contributed by atoms with Gasteiger partial charge in [0.25, 0.3) is 0 Å². The summed E-state index contributed by atoms with van der Waals surface area (Å²) in [4.78, 5) is 30.0. The van der Waals surface area contributed by atoms with Gasteiger partial charge in [-0.3, -0.25) is 9.59 Å². The molecule has 36 heavy (non-hydrogen) atoms. The molecule has 0 bridgehead atoms. The number of methoxy groups -OCH3 is 1. The zero-order valence-corrected chi connectivity index (χ0v) is 20.2. The predicted octanol–water partition coefficient (Wildman–Crippen LogP) is 3.23. The molecule has 5 rings (SSSR count). The van der Waals surface area contributed by atoms with Gasteiger partial charge in [-0.2, -0.15) is 0 Å². The normalized spacial score (nSPS) is 15.6. The first-order valence-electron chi connectivity index (χ1n) is 12.2. The molecule has 4 aromatic rings. The van der Waals surface area contributed by atoms with Crippen LogP contribution in [-0.2, 0) is 35.5 Å². The van der Waals surface area contributed by atoms with Gasteiger partial charge in [0.2, 0.25) is 11.8 Å². The third kappa shape index (κ3) is 5.11. The van der Waals surface area contributed by atoms with E-state index in [9.17, 15) is 9.59 Å². The highest BCUT2D eigenvalue weighted by Gasteiger charge is 2.29. The number of carbonyl (C=O) groups excluding carboxylic acids is 2. The molecule has 3 aromatic carbocycles. The number of para-hydroxylation sites is 2. The summed E-state index contributed by atoms with van der Waals surface area (Å²) in [7, 11) is 1.61. The van der Waals surface area contributed by atoms with Gasteiger partial charge in [0.15, 0.2) is 0 Å². The fourth-order valence-electron chi connectivity index (χ4n) is 4.80. The minimum atomic E-state index is -0.731. The number of carbonyl (C=O) groups is 2. The molecule has 1 aliphatic rings. The van der Waals surface area contributed by atoms with Crippen LogP contribution in [0.4, 0.5) is 0 Å². The average molecular weight is 483 g/mol. The van der Waals surface area contributed by atoms with Crippen molar-refractivity contribution >= 4 is 22.7 Å². The molecule has 2 amide bonds. The maximum Gasteiger partial charge on any atom is 0.243 e. The van der Waals surface area contributed by atoms with E-state index in [-0.39, 0.29) is 11.8 Å². The van der Waals surface area contributed by atoms with Crippen molar-refractivity contribution in [2.45, 2.75) is 38.0 Å². The summed E-state index contributed by atoms with van der Waals surface area (Å²) >= 11 is 0. The lowest BCUT2D eigenvalue weighted by Crippen LogP contribution is -2.54. The summed E-state index contributed by atoms with van der Waals surface area (Å²) in [6.45, 7) is 0.930. The smallest absolute Gasteiger partial charge is 0.243 e. The van der Waals surface area contributed by atoms with Gasteiger partial charge in [-0.05, 0) is 35.2 Å². The molecular weight excluding hydrogens is 452 g/mol. The Labute approximate surface area is 210 Å². The number of hydrogen-bond acceptors (Lipinski definition) is 4. The van der Waals surface area contributed by atoms with Gasteiger partial charge in [0, 0.05) is 42.2 Å². The molecule has 7 nitrogen and oxygen atoms in total. The van der Waals surface area contributed by atoms with E-state index < -0.39 is 12.1 Å². The lowest BCUT2D eigenvalue weighted by Gasteiger charge is -2.27. The van der Waals surface area contributed by atoms with Gasteiger partial charge < -0.3 is 25.7 Å². The third-order valence-electron chi connectivity index (χ3n) is 6.78. The molecule has 4 N–H and O–H groups in total. The first kappa shape index (κ1) is 23.6. The molecule has 1 aromatic heterocycles. The number of amides is 2. The lowest BCUT2D eigenvalue weighted by atomic mass is 9.95. The second-order valence-electron chi connectivity index (χ2n) is 9.06. The quantitative estimate of drug-likeness (QED) is 0.310. The SMILES string of the molecule is COc1ccccc1CNC(=O)[C@H](Cc1c[nH]c2ccccc12)NC(=O)[C@@H]1Cc2ccccc2CN1. The number of nitrogens with one attached hydrogen (secondary N) is 4. The molecule has 0 aliphatic carbocycles. The maximum atomic E-state index is 13.4. The molecule has 0 spiro atoms. The van der Waals surface area contributed by atoms with Crippen molar-refractivity contribution in [1.29, 1.82) is 0 Å². The van der Waals surface area contributed by atoms with Crippen LogP contribution in [0.1, 0.15) is 22.3 Å². The topological polar surface area (TPSA) is 95.2 Å². The average Bonchev–Trinajstić information content (AvgIpc) is 3.33. The van der Waals surface area contributed by atoms with Crippen LogP contribution in [-0.4, -0.2) is 36.0 Å². The molecule has 7 heteroatoms. The van der Waals surface area contributed by atoms with E-state index in [1.54, 1.807) is 7.11 Å². The summed E-state index contributed by atoms with van der Waals surface area (Å²) in [5.41, 5.74) is 5.20. The van der Waals surface area contributed by atoms with E-state index in [0.717, 1.165) is 27.6 Å². The molecule has 0 saturated carbocycles. The molecule has 0 radical (unpaired) electrons. The highest BCUT2D eigenvalue weighted by atomic mass is 16.5. The largest absolute Gasteiger partial charge is 0.496 e. The van der Waals surface area contributed by atoms with Gasteiger partial charge >= 0.3 is 0 Å². The van der Waals surface area contributed by atoms with Crippen LogP contribution in [0.2, 0.25) is 0 Å². The van der Waals surface area contributed by atoms with Gasteiger partial charge in [0.05, 0.1) is 13.2 Å². The highest BCUT2D eigenvalue weighted by molar-refractivity contribution is 5.91. The second-order valence-corrected chi connectivity index (χ2v) is 9.06. The van der Waals surface area contributed by atoms with Crippen molar-refractivity contribution in [1.82, 2.24) is 20.9 Å². The van der Waals surface area contributed by atoms with Gasteiger partial charge in [0.1, 0.15) is 11.8 Å². The first-order chi connectivity index (χ1) is 17.6. The maximum absolute atomic E-state index is 13.4. The van der Waals surface area contributed by atoms with E-state index >= 15 is 0 Å². The Morgan fingerprint density at radius 3 is 2.58 bits per heavy atom. The van der Waals surface area contributed by atoms with Crippen LogP contribution in [0.25, 0.3) is 10.9 Å². The number of ether oxygens (including phenoxy) is 1. The van der Waals surface area contributed by atoms with E-state index in [4.69, 9.17) is 4.74 Å². The first-order valence-corrected chi connectivity index (χ1v) is 12.2. The Morgan fingerprint density at radius 2 is 1.72 bits per heavy atom. The molecular formula is C29H30N4O3. The lowest BCUT2D eigenvalue weighted by molar-refractivity contribution is -0.130. The second kappa shape index (κ2) is 10.7. The summed E-state index contributed by atoms with van der Waals surface area (Å²) in [6, 6.07) is 22.5. The number of hydrogen-bond donors (Lipinski definition) is 4. The Morgan fingerprint density at radius 1 is 0.972 bits per heavy atom. The molecule has 1 aliphatic heterocycles. The molecule has 0 saturated heterocycles. The van der Waals surface area contributed by atoms with Crippen LogP contribution in [0, 0.1) is 0 Å². The van der Waals surface area contributed by atoms with E-state index in [0.29, 0.717) is 31.7 Å². The van der Waals surface area contributed by atoms with Crippen molar-refractivity contribution < 1.29 is 14.3 Å². The van der Waals surface area contributed by atoms with Crippen LogP contribution >= 0.6 is 0 Å². The van der Waals surface area contributed by atoms with Crippen molar-refractivity contribution in [3.8, 4) is 5.75 Å². The van der Waals surface area contributed by atoms with Crippen LogP contribution in [0.3, 0.4) is 0 Å². The Bertz CT molecular complexity index is 1380. The fourth-order valence-corrected chi connectivity index (χ4v) is 4.80. The minimum absolute atomic E-state index is 0.179. The third-order valence-corrected chi connectivity index (χ3v) is 6.78. The predicted molar refractivity (Wildman–Crippen MR) is 140 cm³/mol. The zero-order valence-electron chi connectivity index (χ0n) is 20.2. The van der Waals surface area contributed by atoms with Crippen molar-refractivity contribution in [2.24, 2.45) is 0 Å². The van der Waals surface area contributed by atoms with E-state index in [2.05, 4.69) is 33.1 Å². The number of benzene rings is 3. The standard InChI is InChI=1S/C29H30N4O3/c1-36-27-13-7-4-10-21(27)17-32-28(34)26(15-22-18-30-24-12-6-5-11-23(22)24)33-29(35)25-14-19-8-2-3-9-20(19)16-31-25/h2-13,18,25-26,30-31H,14-17H2,1H3,(H,32,34)(H,33,35)/t25-,26-/m0/s1. The van der Waals surface area contributed by atoms with Crippen LogP contribution < -0.4 is 20.7 Å². The van der Waals surface area contributed by atoms with E-state index in [1.165, 1.54) is 5.56 Å². The Hall–Kier alpha value is -4.10. The molecule has 0 unspecified atom stereocenters. The summed E-state index contributed by atoms with van der Waals surface area (Å²) in [5, 5.41) is 10.4. The molecule has 0 fully saturated rings. The number of H-pyrrole nitrogens is 1. The van der Waals surface area contributed by atoms with E-state index in [1.807, 2.05) is 66.9 Å². The van der Waals surface area contributed by atoms with Crippen molar-refractivity contribution in [3.05, 3.63) is 101 Å². The number of aromatic nitrogens is 1. The number of aromatic amines is 1. The van der Waals surface area contributed by atoms with Gasteiger partial charge in [-0.15, -0.1) is 0 Å². The number of fused-ring (bicyclic) bond motifs is 2.